The number of hydrogen-bond acceptors (Lipinski definition) is 4. The third kappa shape index (κ3) is 3.82. The summed E-state index contributed by atoms with van der Waals surface area (Å²) in [6.45, 7) is 0.672. The normalized spacial score (nSPS) is 12.8. The van der Waals surface area contributed by atoms with Gasteiger partial charge in [0.15, 0.2) is 6.79 Å². The Morgan fingerprint density at radius 3 is 2.67 bits per heavy atom. The fraction of sp³-hybridized carbons (Fsp3) is 0.136. The Bertz CT molecular complexity index is 969. The Labute approximate surface area is 162 Å². The molecule has 3 aromatic carbocycles. The molecule has 4 rings (SSSR count). The standard InChI is InChI=1S/C22H17ClO4/c23-18-10-16-12-25-14-27-21(16)17(11-18)13-26-22(24)20-9-5-4-8-19(20)15-6-2-1-3-7-15/h1-11H,12-14H2. The van der Waals surface area contributed by atoms with Gasteiger partial charge in [-0.3, -0.25) is 0 Å². The SMILES string of the molecule is O=C(OCc1cc(Cl)cc2c1OCOC2)c1ccccc1-c1ccccc1. The van der Waals surface area contributed by atoms with Crippen LogP contribution in [0.3, 0.4) is 0 Å². The van der Waals surface area contributed by atoms with E-state index in [0.29, 0.717) is 22.9 Å². The molecule has 0 saturated carbocycles. The van der Waals surface area contributed by atoms with Gasteiger partial charge in [0.05, 0.1) is 12.2 Å². The Hall–Kier alpha value is -2.82. The third-order valence-corrected chi connectivity index (χ3v) is 4.56. The number of ether oxygens (including phenoxy) is 3. The quantitative estimate of drug-likeness (QED) is 0.581. The summed E-state index contributed by atoms with van der Waals surface area (Å²) in [6, 6.07) is 20.7. The van der Waals surface area contributed by atoms with Crippen LogP contribution in [0.5, 0.6) is 5.75 Å². The van der Waals surface area contributed by atoms with Crippen LogP contribution in [0.25, 0.3) is 11.1 Å². The first-order valence-corrected chi connectivity index (χ1v) is 8.93. The average molecular weight is 381 g/mol. The molecule has 1 aliphatic heterocycles. The minimum atomic E-state index is -0.393. The summed E-state index contributed by atoms with van der Waals surface area (Å²) in [5, 5.41) is 0.554. The van der Waals surface area contributed by atoms with Crippen molar-refractivity contribution in [2.45, 2.75) is 13.2 Å². The summed E-state index contributed by atoms with van der Waals surface area (Å²) in [5.41, 5.74) is 3.89. The van der Waals surface area contributed by atoms with Gasteiger partial charge in [0.25, 0.3) is 0 Å². The van der Waals surface area contributed by atoms with E-state index in [-0.39, 0.29) is 13.4 Å². The molecule has 0 saturated heterocycles. The van der Waals surface area contributed by atoms with E-state index in [1.807, 2.05) is 48.5 Å². The first-order chi connectivity index (χ1) is 13.2. The zero-order valence-electron chi connectivity index (χ0n) is 14.5. The Balaban J connectivity index is 1.57. The van der Waals surface area contributed by atoms with E-state index in [1.165, 1.54) is 0 Å². The molecule has 0 radical (unpaired) electrons. The zero-order valence-corrected chi connectivity index (χ0v) is 15.2. The predicted octanol–water partition coefficient (Wildman–Crippen LogP) is 5.23. The van der Waals surface area contributed by atoms with Crippen LogP contribution in [0.15, 0.2) is 66.7 Å². The van der Waals surface area contributed by atoms with Gasteiger partial charge in [0.2, 0.25) is 0 Å². The maximum Gasteiger partial charge on any atom is 0.339 e. The van der Waals surface area contributed by atoms with Crippen molar-refractivity contribution in [1.29, 1.82) is 0 Å². The Morgan fingerprint density at radius 1 is 1.04 bits per heavy atom. The van der Waals surface area contributed by atoms with Gasteiger partial charge < -0.3 is 14.2 Å². The minimum absolute atomic E-state index is 0.0743. The molecule has 5 heteroatoms. The topological polar surface area (TPSA) is 44.8 Å². The lowest BCUT2D eigenvalue weighted by molar-refractivity contribution is -0.0180. The molecule has 0 amide bonds. The third-order valence-electron chi connectivity index (χ3n) is 4.34. The molecule has 0 spiro atoms. The summed E-state index contributed by atoms with van der Waals surface area (Å²) in [5.74, 6) is 0.282. The van der Waals surface area contributed by atoms with Gasteiger partial charge >= 0.3 is 5.97 Å². The highest BCUT2D eigenvalue weighted by molar-refractivity contribution is 6.30. The molecule has 0 atom stereocenters. The van der Waals surface area contributed by atoms with Crippen LogP contribution in [0.2, 0.25) is 5.02 Å². The molecule has 3 aromatic rings. The van der Waals surface area contributed by atoms with Crippen molar-refractivity contribution in [2.75, 3.05) is 6.79 Å². The summed E-state index contributed by atoms with van der Waals surface area (Å²) in [7, 11) is 0. The highest BCUT2D eigenvalue weighted by atomic mass is 35.5. The maximum absolute atomic E-state index is 12.7. The Kier molecular flexibility index (Phi) is 5.10. The van der Waals surface area contributed by atoms with Crippen molar-refractivity contribution < 1.29 is 19.0 Å². The number of carbonyl (C=O) groups is 1. The van der Waals surface area contributed by atoms with Crippen LogP contribution < -0.4 is 4.74 Å². The minimum Gasteiger partial charge on any atom is -0.467 e. The van der Waals surface area contributed by atoms with E-state index in [0.717, 1.165) is 22.3 Å². The van der Waals surface area contributed by atoms with Crippen molar-refractivity contribution in [3.63, 3.8) is 0 Å². The maximum atomic E-state index is 12.7. The first kappa shape index (κ1) is 17.6. The van der Waals surface area contributed by atoms with Gasteiger partial charge in [-0.15, -0.1) is 0 Å². The molecule has 1 aliphatic rings. The summed E-state index contributed by atoms with van der Waals surface area (Å²) in [4.78, 5) is 12.7. The fourth-order valence-electron chi connectivity index (χ4n) is 3.12. The van der Waals surface area contributed by atoms with E-state index in [2.05, 4.69) is 0 Å². The Morgan fingerprint density at radius 2 is 1.81 bits per heavy atom. The average Bonchev–Trinajstić information content (AvgIpc) is 2.72. The lowest BCUT2D eigenvalue weighted by Gasteiger charge is -2.21. The van der Waals surface area contributed by atoms with Crippen LogP contribution in [-0.4, -0.2) is 12.8 Å². The summed E-state index contributed by atoms with van der Waals surface area (Å²) >= 11 is 6.17. The van der Waals surface area contributed by atoms with E-state index in [1.54, 1.807) is 18.2 Å². The molecule has 1 heterocycles. The molecule has 4 nitrogen and oxygen atoms in total. The number of benzene rings is 3. The molecule has 27 heavy (non-hydrogen) atoms. The van der Waals surface area contributed by atoms with Gasteiger partial charge in [0.1, 0.15) is 12.4 Å². The molecule has 136 valence electrons. The number of hydrogen-bond donors (Lipinski definition) is 0. The van der Waals surface area contributed by atoms with E-state index < -0.39 is 5.97 Å². The predicted molar refractivity (Wildman–Crippen MR) is 103 cm³/mol. The number of esters is 1. The van der Waals surface area contributed by atoms with Gasteiger partial charge in [0, 0.05) is 16.1 Å². The number of halogens is 1. The molecular weight excluding hydrogens is 364 g/mol. The molecule has 0 unspecified atom stereocenters. The van der Waals surface area contributed by atoms with E-state index in [9.17, 15) is 4.79 Å². The summed E-state index contributed by atoms with van der Waals surface area (Å²) in [6.07, 6.45) is 0. The van der Waals surface area contributed by atoms with Crippen molar-refractivity contribution >= 4 is 17.6 Å². The number of carbonyl (C=O) groups excluding carboxylic acids is 1. The second-order valence-corrected chi connectivity index (χ2v) is 6.59. The van der Waals surface area contributed by atoms with Crippen LogP contribution in [0.4, 0.5) is 0 Å². The van der Waals surface area contributed by atoms with Crippen molar-refractivity contribution in [3.05, 3.63) is 88.4 Å². The van der Waals surface area contributed by atoms with Crippen molar-refractivity contribution in [1.82, 2.24) is 0 Å². The number of rotatable bonds is 4. The molecule has 0 N–H and O–H groups in total. The van der Waals surface area contributed by atoms with Crippen molar-refractivity contribution in [2.24, 2.45) is 0 Å². The van der Waals surface area contributed by atoms with E-state index in [4.69, 9.17) is 25.8 Å². The van der Waals surface area contributed by atoms with E-state index >= 15 is 0 Å². The smallest absolute Gasteiger partial charge is 0.339 e. The van der Waals surface area contributed by atoms with Gasteiger partial charge in [-0.2, -0.15) is 0 Å². The fourth-order valence-corrected chi connectivity index (χ4v) is 3.38. The number of fused-ring (bicyclic) bond motifs is 1. The zero-order chi connectivity index (χ0) is 18.6. The monoisotopic (exact) mass is 380 g/mol. The second-order valence-electron chi connectivity index (χ2n) is 6.15. The molecular formula is C22H17ClO4. The van der Waals surface area contributed by atoms with Gasteiger partial charge in [-0.1, -0.05) is 60.1 Å². The van der Waals surface area contributed by atoms with Crippen LogP contribution in [-0.2, 0) is 22.7 Å². The largest absolute Gasteiger partial charge is 0.467 e. The highest BCUT2D eigenvalue weighted by Crippen LogP contribution is 2.32. The lowest BCUT2D eigenvalue weighted by atomic mass is 10.00. The lowest BCUT2D eigenvalue weighted by Crippen LogP contribution is -2.14. The highest BCUT2D eigenvalue weighted by Gasteiger charge is 2.19. The van der Waals surface area contributed by atoms with Gasteiger partial charge in [-0.25, -0.2) is 4.79 Å². The van der Waals surface area contributed by atoms with Crippen LogP contribution in [0.1, 0.15) is 21.5 Å². The molecule has 0 aromatic heterocycles. The summed E-state index contributed by atoms with van der Waals surface area (Å²) < 4.78 is 16.4. The molecule has 0 bridgehead atoms. The second kappa shape index (κ2) is 7.82. The molecule has 0 aliphatic carbocycles. The van der Waals surface area contributed by atoms with Crippen LogP contribution in [0, 0.1) is 0 Å². The van der Waals surface area contributed by atoms with Crippen LogP contribution >= 0.6 is 11.6 Å². The first-order valence-electron chi connectivity index (χ1n) is 8.56. The van der Waals surface area contributed by atoms with Gasteiger partial charge in [-0.05, 0) is 29.3 Å². The van der Waals surface area contributed by atoms with Crippen molar-refractivity contribution in [3.8, 4) is 16.9 Å². The molecule has 0 fully saturated rings.